The average Bonchev–Trinajstić information content (AvgIpc) is 3.06. The van der Waals surface area contributed by atoms with Gasteiger partial charge in [0.2, 0.25) is 0 Å². The molecule has 0 radical (unpaired) electrons. The molecule has 0 atom stereocenters. The van der Waals surface area contributed by atoms with Crippen LogP contribution in [0.15, 0.2) is 17.8 Å². The third-order valence-corrected chi connectivity index (χ3v) is 4.46. The second kappa shape index (κ2) is 5.23. The molecule has 0 unspecified atom stereocenters. The molecule has 1 aliphatic heterocycles. The van der Waals surface area contributed by atoms with Gasteiger partial charge in [0.15, 0.2) is 0 Å². The Morgan fingerprint density at radius 3 is 2.95 bits per heavy atom. The molecule has 0 spiro atoms. The van der Waals surface area contributed by atoms with E-state index < -0.39 is 0 Å². The molecule has 1 saturated heterocycles. The van der Waals surface area contributed by atoms with Crippen molar-refractivity contribution in [2.75, 3.05) is 19.8 Å². The van der Waals surface area contributed by atoms with E-state index in [0.717, 1.165) is 10.6 Å². The minimum absolute atomic E-state index is 0.0327. The Morgan fingerprint density at radius 2 is 2.29 bits per heavy atom. The molecule has 3 rings (SSSR count). The highest BCUT2D eigenvalue weighted by atomic mass is 32.1. The van der Waals surface area contributed by atoms with Crippen LogP contribution in [0, 0.1) is 0 Å². The molecule has 0 saturated carbocycles. The van der Waals surface area contributed by atoms with Crippen molar-refractivity contribution in [1.82, 2.24) is 19.7 Å². The second-order valence-corrected chi connectivity index (χ2v) is 6.62. The molecule has 21 heavy (non-hydrogen) atoms. The molecule has 1 fully saturated rings. The first-order valence-electron chi connectivity index (χ1n) is 6.82. The fraction of sp³-hybridized carbons (Fsp3) is 0.500. The van der Waals surface area contributed by atoms with Gasteiger partial charge in [0.25, 0.3) is 5.91 Å². The van der Waals surface area contributed by atoms with Crippen molar-refractivity contribution < 1.29 is 9.53 Å². The number of rotatable bonds is 2. The first kappa shape index (κ1) is 14.2. The summed E-state index contributed by atoms with van der Waals surface area (Å²) < 4.78 is 7.18. The number of amides is 1. The lowest BCUT2D eigenvalue weighted by atomic mass is 10.0. The van der Waals surface area contributed by atoms with Crippen molar-refractivity contribution in [3.05, 3.63) is 23.5 Å². The van der Waals surface area contributed by atoms with Gasteiger partial charge in [-0.25, -0.2) is 4.98 Å². The van der Waals surface area contributed by atoms with Crippen LogP contribution in [0.25, 0.3) is 10.6 Å². The van der Waals surface area contributed by atoms with E-state index in [9.17, 15) is 4.79 Å². The molecular formula is C14H18N4O2S. The van der Waals surface area contributed by atoms with Gasteiger partial charge in [-0.05, 0) is 13.8 Å². The van der Waals surface area contributed by atoms with Gasteiger partial charge in [-0.1, -0.05) is 0 Å². The number of carbonyl (C=O) groups is 1. The molecule has 2 aromatic rings. The summed E-state index contributed by atoms with van der Waals surface area (Å²) in [6.45, 7) is 5.76. The van der Waals surface area contributed by atoms with E-state index in [4.69, 9.17) is 4.74 Å². The molecule has 0 aliphatic carbocycles. The third-order valence-electron chi connectivity index (χ3n) is 3.57. The van der Waals surface area contributed by atoms with Crippen molar-refractivity contribution >= 4 is 17.2 Å². The van der Waals surface area contributed by atoms with Gasteiger partial charge in [0.1, 0.15) is 10.7 Å². The second-order valence-electron chi connectivity index (χ2n) is 5.76. The number of aromatic nitrogens is 3. The summed E-state index contributed by atoms with van der Waals surface area (Å²) in [6.07, 6.45) is 3.65. The quantitative estimate of drug-likeness (QED) is 0.849. The van der Waals surface area contributed by atoms with Gasteiger partial charge in [-0.3, -0.25) is 9.48 Å². The van der Waals surface area contributed by atoms with E-state index in [2.05, 4.69) is 10.1 Å². The summed E-state index contributed by atoms with van der Waals surface area (Å²) >= 11 is 1.47. The number of thiazole rings is 1. The Bertz CT molecular complexity index is 661. The normalized spacial score (nSPS) is 18.0. The summed E-state index contributed by atoms with van der Waals surface area (Å²) in [5.41, 5.74) is 1.13. The Kier molecular flexibility index (Phi) is 3.54. The molecule has 1 amide bonds. The number of aryl methyl sites for hydroxylation is 1. The van der Waals surface area contributed by atoms with Crippen molar-refractivity contribution in [3.8, 4) is 10.6 Å². The Hall–Kier alpha value is -1.73. The predicted octanol–water partition coefficient (Wildman–Crippen LogP) is 1.79. The number of carbonyl (C=O) groups excluding carboxylic acids is 1. The average molecular weight is 306 g/mol. The molecule has 0 aromatic carbocycles. The maximum atomic E-state index is 12.7. The van der Waals surface area contributed by atoms with Gasteiger partial charge >= 0.3 is 0 Å². The van der Waals surface area contributed by atoms with E-state index in [1.165, 1.54) is 11.3 Å². The lowest BCUT2D eigenvalue weighted by Gasteiger charge is -2.41. The first-order chi connectivity index (χ1) is 9.97. The zero-order valence-electron chi connectivity index (χ0n) is 12.4. The van der Waals surface area contributed by atoms with Gasteiger partial charge in [0, 0.05) is 30.7 Å². The number of nitrogens with zero attached hydrogens (tertiary/aromatic N) is 4. The highest BCUT2D eigenvalue weighted by molar-refractivity contribution is 7.13. The van der Waals surface area contributed by atoms with Crippen LogP contribution in [0.1, 0.15) is 24.3 Å². The first-order valence-corrected chi connectivity index (χ1v) is 7.69. The van der Waals surface area contributed by atoms with Crippen LogP contribution in [0.2, 0.25) is 0 Å². The molecule has 7 heteroatoms. The molecule has 6 nitrogen and oxygen atoms in total. The van der Waals surface area contributed by atoms with Crippen LogP contribution in [0.5, 0.6) is 0 Å². The number of ether oxygens (including phenoxy) is 1. The number of hydrogen-bond acceptors (Lipinski definition) is 5. The van der Waals surface area contributed by atoms with Gasteiger partial charge in [-0.15, -0.1) is 11.3 Å². The largest absolute Gasteiger partial charge is 0.377 e. The smallest absolute Gasteiger partial charge is 0.273 e. The van der Waals surface area contributed by atoms with Crippen LogP contribution >= 0.6 is 11.3 Å². The number of hydrogen-bond donors (Lipinski definition) is 0. The van der Waals surface area contributed by atoms with Crippen LogP contribution in [0.3, 0.4) is 0 Å². The molecule has 112 valence electrons. The van der Waals surface area contributed by atoms with Crippen molar-refractivity contribution in [1.29, 1.82) is 0 Å². The zero-order valence-corrected chi connectivity index (χ0v) is 13.2. The van der Waals surface area contributed by atoms with Crippen molar-refractivity contribution in [3.63, 3.8) is 0 Å². The highest BCUT2D eigenvalue weighted by Gasteiger charge is 2.35. The molecule has 1 aliphatic rings. The SMILES string of the molecule is Cn1cc(-c2nc(C(=O)N3CCOCC3(C)C)cs2)cn1. The van der Waals surface area contributed by atoms with Gasteiger partial charge in [0.05, 0.1) is 24.9 Å². The molecule has 0 N–H and O–H groups in total. The summed E-state index contributed by atoms with van der Waals surface area (Å²) in [5.74, 6) is -0.0327. The van der Waals surface area contributed by atoms with Crippen LogP contribution in [-0.2, 0) is 11.8 Å². The van der Waals surface area contributed by atoms with E-state index in [1.54, 1.807) is 10.9 Å². The standard InChI is InChI=1S/C14H18N4O2S/c1-14(2)9-20-5-4-18(14)13(19)11-8-21-12(16-11)10-6-15-17(3)7-10/h6-8H,4-5,9H2,1-3H3. The summed E-state index contributed by atoms with van der Waals surface area (Å²) in [7, 11) is 1.86. The molecule has 0 bridgehead atoms. The van der Waals surface area contributed by atoms with Crippen LogP contribution < -0.4 is 0 Å². The van der Waals surface area contributed by atoms with Crippen molar-refractivity contribution in [2.24, 2.45) is 7.05 Å². The lowest BCUT2D eigenvalue weighted by molar-refractivity contribution is -0.0372. The highest BCUT2D eigenvalue weighted by Crippen LogP contribution is 2.26. The zero-order chi connectivity index (χ0) is 15.0. The number of morpholine rings is 1. The van der Waals surface area contributed by atoms with Gasteiger partial charge in [-0.2, -0.15) is 5.10 Å². The van der Waals surface area contributed by atoms with E-state index in [1.807, 2.05) is 37.4 Å². The maximum Gasteiger partial charge on any atom is 0.273 e. The lowest BCUT2D eigenvalue weighted by Crippen LogP contribution is -2.55. The fourth-order valence-electron chi connectivity index (χ4n) is 2.41. The summed E-state index contributed by atoms with van der Waals surface area (Å²) in [4.78, 5) is 19.0. The molecular weight excluding hydrogens is 288 g/mol. The molecule has 3 heterocycles. The topological polar surface area (TPSA) is 60.2 Å². The maximum absolute atomic E-state index is 12.7. The van der Waals surface area contributed by atoms with Crippen LogP contribution in [0.4, 0.5) is 0 Å². The molecule has 2 aromatic heterocycles. The fourth-order valence-corrected chi connectivity index (χ4v) is 3.18. The monoisotopic (exact) mass is 306 g/mol. The van der Waals surface area contributed by atoms with E-state index >= 15 is 0 Å². The Labute approximate surface area is 127 Å². The Balaban J connectivity index is 1.84. The summed E-state index contributed by atoms with van der Waals surface area (Å²) in [6, 6.07) is 0. The minimum Gasteiger partial charge on any atom is -0.377 e. The minimum atomic E-state index is -0.298. The Morgan fingerprint density at radius 1 is 1.48 bits per heavy atom. The van der Waals surface area contributed by atoms with Crippen LogP contribution in [-0.4, -0.2) is 50.9 Å². The van der Waals surface area contributed by atoms with Crippen molar-refractivity contribution in [2.45, 2.75) is 19.4 Å². The third kappa shape index (κ3) is 2.71. The predicted molar refractivity (Wildman–Crippen MR) is 80.3 cm³/mol. The van der Waals surface area contributed by atoms with E-state index in [0.29, 0.717) is 25.5 Å². The van der Waals surface area contributed by atoms with E-state index in [-0.39, 0.29) is 11.4 Å². The van der Waals surface area contributed by atoms with Gasteiger partial charge < -0.3 is 9.64 Å². The summed E-state index contributed by atoms with van der Waals surface area (Å²) in [5, 5.41) is 6.76.